The first-order valence-electron chi connectivity index (χ1n) is 9.55. The van der Waals surface area contributed by atoms with E-state index in [1.807, 2.05) is 19.3 Å². The number of rotatable bonds is 4. The van der Waals surface area contributed by atoms with E-state index in [0.717, 1.165) is 30.5 Å². The van der Waals surface area contributed by atoms with Crippen LogP contribution in [-0.2, 0) is 4.79 Å². The van der Waals surface area contributed by atoms with E-state index in [1.165, 1.54) is 5.57 Å². The highest BCUT2D eigenvalue weighted by Gasteiger charge is 2.24. The molecule has 2 heterocycles. The van der Waals surface area contributed by atoms with Crippen LogP contribution in [0.2, 0.25) is 0 Å². The van der Waals surface area contributed by atoms with Crippen LogP contribution < -0.4 is 10.6 Å². The number of amides is 1. The molecule has 2 unspecified atom stereocenters. The third-order valence-electron chi connectivity index (χ3n) is 5.35. The molecule has 7 heteroatoms. The zero-order valence-corrected chi connectivity index (χ0v) is 16.3. The van der Waals surface area contributed by atoms with Gasteiger partial charge in [0.2, 0.25) is 5.91 Å². The Morgan fingerprint density at radius 3 is 2.79 bits per heavy atom. The first-order chi connectivity index (χ1) is 13.5. The number of carbonyl (C=O) groups is 1. The number of aliphatic imine (C=N–C) groups is 1. The van der Waals surface area contributed by atoms with Crippen molar-refractivity contribution in [3.05, 3.63) is 46.8 Å². The van der Waals surface area contributed by atoms with Gasteiger partial charge in [0.05, 0.1) is 6.54 Å². The molecule has 146 valence electrons. The molecule has 28 heavy (non-hydrogen) atoms. The number of hydrogen-bond acceptors (Lipinski definition) is 5. The summed E-state index contributed by atoms with van der Waals surface area (Å²) in [5.41, 5.74) is 3.53. The van der Waals surface area contributed by atoms with Crippen molar-refractivity contribution in [2.75, 3.05) is 20.1 Å². The Morgan fingerprint density at radius 2 is 2.21 bits per heavy atom. The fourth-order valence-corrected chi connectivity index (χ4v) is 3.65. The molecule has 2 aliphatic heterocycles. The maximum absolute atomic E-state index is 11.7. The maximum atomic E-state index is 11.7. The van der Waals surface area contributed by atoms with Gasteiger partial charge in [-0.15, -0.1) is 0 Å². The molecule has 0 aromatic rings. The molecule has 0 aromatic heterocycles. The second-order valence-electron chi connectivity index (χ2n) is 7.14. The number of carbonyl (C=O) groups excluding carboxylic acids is 1. The molecular formula is C21H26N6O. The van der Waals surface area contributed by atoms with Gasteiger partial charge in [0.15, 0.2) is 0 Å². The van der Waals surface area contributed by atoms with Gasteiger partial charge in [0, 0.05) is 56.4 Å². The van der Waals surface area contributed by atoms with Gasteiger partial charge >= 0.3 is 0 Å². The Balaban J connectivity index is 1.60. The summed E-state index contributed by atoms with van der Waals surface area (Å²) < 4.78 is 0. The summed E-state index contributed by atoms with van der Waals surface area (Å²) in [5, 5.41) is 23.8. The summed E-state index contributed by atoms with van der Waals surface area (Å²) >= 11 is 0. The minimum Gasteiger partial charge on any atom is -0.391 e. The number of nitrogens with one attached hydrogen (secondary N) is 3. The summed E-state index contributed by atoms with van der Waals surface area (Å²) in [6.45, 7) is 2.71. The molecule has 0 aromatic carbocycles. The Kier molecular flexibility index (Phi) is 6.09. The van der Waals surface area contributed by atoms with Crippen molar-refractivity contribution in [3.63, 3.8) is 0 Å². The van der Waals surface area contributed by atoms with E-state index in [-0.39, 0.29) is 17.9 Å². The van der Waals surface area contributed by atoms with Crippen molar-refractivity contribution in [3.8, 4) is 6.07 Å². The fraction of sp³-hybridized carbons (Fsp3) is 0.429. The molecule has 0 bridgehead atoms. The highest BCUT2D eigenvalue weighted by Crippen LogP contribution is 2.24. The molecule has 7 nitrogen and oxygen atoms in total. The van der Waals surface area contributed by atoms with Crippen LogP contribution in [0.15, 0.2) is 51.8 Å². The lowest BCUT2D eigenvalue weighted by atomic mass is 9.89. The largest absolute Gasteiger partial charge is 0.391 e. The molecule has 0 fully saturated rings. The van der Waals surface area contributed by atoms with Gasteiger partial charge in [-0.2, -0.15) is 5.26 Å². The van der Waals surface area contributed by atoms with Crippen molar-refractivity contribution >= 4 is 18.0 Å². The van der Waals surface area contributed by atoms with Crippen LogP contribution in [0.25, 0.3) is 0 Å². The second kappa shape index (κ2) is 8.70. The minimum atomic E-state index is 0.0355. The van der Waals surface area contributed by atoms with Gasteiger partial charge in [0.1, 0.15) is 17.6 Å². The van der Waals surface area contributed by atoms with Crippen molar-refractivity contribution in [2.45, 2.75) is 32.2 Å². The zero-order valence-electron chi connectivity index (χ0n) is 16.3. The molecule has 3 rings (SSSR count). The number of allylic oxidation sites excluding steroid dienone is 4. The van der Waals surface area contributed by atoms with Gasteiger partial charge in [-0.3, -0.25) is 10.2 Å². The molecule has 0 radical (unpaired) electrons. The van der Waals surface area contributed by atoms with E-state index in [0.29, 0.717) is 24.6 Å². The predicted molar refractivity (Wildman–Crippen MR) is 110 cm³/mol. The van der Waals surface area contributed by atoms with Gasteiger partial charge in [0.25, 0.3) is 0 Å². The summed E-state index contributed by atoms with van der Waals surface area (Å²) in [7, 11) is 1.86. The third-order valence-corrected chi connectivity index (χ3v) is 5.35. The molecular weight excluding hydrogens is 352 g/mol. The van der Waals surface area contributed by atoms with Crippen LogP contribution in [0.1, 0.15) is 26.2 Å². The van der Waals surface area contributed by atoms with E-state index < -0.39 is 0 Å². The van der Waals surface area contributed by atoms with Crippen LogP contribution in [0.3, 0.4) is 0 Å². The quantitative estimate of drug-likeness (QED) is 0.514. The standard InChI is InChI=1S/C21H26N6O/c1-14(28)27-10-9-20(24-2)19(13-27)21(23)26-17-6-3-15(4-7-17)16-5-8-18(11-22)25-12-16/h3-4,6,8,12,16-17,24H,5,7,9-10,13H2,1-2H3,(H2,23,26). The van der Waals surface area contributed by atoms with E-state index in [1.54, 1.807) is 11.8 Å². The van der Waals surface area contributed by atoms with Crippen LogP contribution in [0.5, 0.6) is 0 Å². The monoisotopic (exact) mass is 378 g/mol. The van der Waals surface area contributed by atoms with E-state index in [2.05, 4.69) is 39.9 Å². The highest BCUT2D eigenvalue weighted by atomic mass is 16.2. The van der Waals surface area contributed by atoms with Gasteiger partial charge in [-0.25, -0.2) is 4.99 Å². The molecule has 3 N–H and O–H groups in total. The van der Waals surface area contributed by atoms with Crippen LogP contribution >= 0.6 is 0 Å². The van der Waals surface area contributed by atoms with Crippen LogP contribution in [-0.4, -0.2) is 49.0 Å². The lowest BCUT2D eigenvalue weighted by molar-refractivity contribution is -0.128. The topological polar surface area (TPSA) is 104 Å². The Hall–Kier alpha value is -3.14. The van der Waals surface area contributed by atoms with Crippen LogP contribution in [0, 0.1) is 22.7 Å². The minimum absolute atomic E-state index is 0.0355. The number of nitrogens with zero attached hydrogens (tertiary/aromatic N) is 3. The lowest BCUT2D eigenvalue weighted by Gasteiger charge is -2.31. The van der Waals surface area contributed by atoms with E-state index in [9.17, 15) is 4.79 Å². The maximum Gasteiger partial charge on any atom is 0.219 e. The highest BCUT2D eigenvalue weighted by molar-refractivity contribution is 5.98. The summed E-state index contributed by atoms with van der Waals surface area (Å²) in [5.74, 6) is 0.603. The molecule has 3 aliphatic rings. The van der Waals surface area contributed by atoms with Crippen molar-refractivity contribution < 1.29 is 4.79 Å². The van der Waals surface area contributed by atoms with Crippen LogP contribution in [0.4, 0.5) is 0 Å². The fourth-order valence-electron chi connectivity index (χ4n) is 3.65. The normalized spacial score (nSPS) is 24.2. The Morgan fingerprint density at radius 1 is 1.39 bits per heavy atom. The van der Waals surface area contributed by atoms with E-state index >= 15 is 0 Å². The predicted octanol–water partition coefficient (Wildman–Crippen LogP) is 2.03. The molecule has 0 saturated carbocycles. The van der Waals surface area contributed by atoms with Crippen molar-refractivity contribution in [1.82, 2.24) is 15.5 Å². The molecule has 1 amide bonds. The molecule has 1 aliphatic carbocycles. The first kappa shape index (κ1) is 19.6. The first-order valence-corrected chi connectivity index (χ1v) is 9.55. The number of amidine groups is 1. The third kappa shape index (κ3) is 4.39. The van der Waals surface area contributed by atoms with E-state index in [4.69, 9.17) is 10.7 Å². The smallest absolute Gasteiger partial charge is 0.219 e. The average Bonchev–Trinajstić information content (AvgIpc) is 2.73. The number of hydrogen-bond donors (Lipinski definition) is 3. The van der Waals surface area contributed by atoms with Gasteiger partial charge < -0.3 is 15.5 Å². The van der Waals surface area contributed by atoms with Crippen molar-refractivity contribution in [1.29, 1.82) is 10.7 Å². The SMILES string of the molecule is CNC1=C(C(=N)NC2C=CC(C3C=NC(C#N)=CC3)=CC2)CN(C(C)=O)CC1. The summed E-state index contributed by atoms with van der Waals surface area (Å²) in [4.78, 5) is 17.7. The molecule has 2 atom stereocenters. The van der Waals surface area contributed by atoms with Gasteiger partial charge in [-0.05, 0) is 24.5 Å². The van der Waals surface area contributed by atoms with Gasteiger partial charge in [-0.1, -0.05) is 18.2 Å². The van der Waals surface area contributed by atoms with Crippen molar-refractivity contribution in [2.24, 2.45) is 10.9 Å². The molecule has 0 saturated heterocycles. The Bertz CT molecular complexity index is 855. The molecule has 0 spiro atoms. The zero-order chi connectivity index (χ0) is 20.1. The Labute approximate surface area is 165 Å². The summed E-state index contributed by atoms with van der Waals surface area (Å²) in [6, 6.07) is 2.11. The second-order valence-corrected chi connectivity index (χ2v) is 7.14. The summed E-state index contributed by atoms with van der Waals surface area (Å²) in [6.07, 6.45) is 12.3. The lowest BCUT2D eigenvalue weighted by Crippen LogP contribution is -2.44. The number of nitriles is 1. The average molecular weight is 378 g/mol.